The molecule has 4 heteroatoms. The summed E-state index contributed by atoms with van der Waals surface area (Å²) in [5.41, 5.74) is 1.12. The van der Waals surface area contributed by atoms with E-state index in [9.17, 15) is 4.39 Å². The first kappa shape index (κ1) is 13.0. The van der Waals surface area contributed by atoms with Gasteiger partial charge in [0.15, 0.2) is 0 Å². The van der Waals surface area contributed by atoms with Gasteiger partial charge < -0.3 is 5.32 Å². The van der Waals surface area contributed by atoms with Crippen LogP contribution in [0.5, 0.6) is 0 Å². The summed E-state index contributed by atoms with van der Waals surface area (Å²) in [6, 6.07) is 7.58. The highest BCUT2D eigenvalue weighted by atomic mass is 19.1. The van der Waals surface area contributed by atoms with Crippen molar-refractivity contribution < 1.29 is 4.39 Å². The van der Waals surface area contributed by atoms with Crippen LogP contribution in [-0.2, 0) is 6.54 Å². The summed E-state index contributed by atoms with van der Waals surface area (Å²) in [6.45, 7) is 7.06. The van der Waals surface area contributed by atoms with Gasteiger partial charge in [0.2, 0.25) is 0 Å². The summed E-state index contributed by atoms with van der Waals surface area (Å²) in [5, 5.41) is 12.2. The van der Waals surface area contributed by atoms with E-state index in [0.29, 0.717) is 12.1 Å². The minimum absolute atomic E-state index is 0.128. The molecule has 2 atom stereocenters. The van der Waals surface area contributed by atoms with Crippen LogP contribution in [0.25, 0.3) is 0 Å². The Kier molecular flexibility index (Phi) is 3.95. The molecule has 0 radical (unpaired) electrons. The number of hydrogen-bond acceptors (Lipinski definition) is 3. The highest BCUT2D eigenvalue weighted by molar-refractivity contribution is 5.34. The number of hydrogen-bond donors (Lipinski definition) is 1. The zero-order valence-corrected chi connectivity index (χ0v) is 10.8. The van der Waals surface area contributed by atoms with Crippen LogP contribution in [-0.4, -0.2) is 30.1 Å². The van der Waals surface area contributed by atoms with Crippen molar-refractivity contribution in [3.05, 3.63) is 35.1 Å². The molecular weight excluding hydrogens is 229 g/mol. The second kappa shape index (κ2) is 5.47. The molecule has 2 rings (SSSR count). The predicted molar refractivity (Wildman–Crippen MR) is 68.5 cm³/mol. The molecular formula is C14H18FN3. The lowest BCUT2D eigenvalue weighted by molar-refractivity contribution is 0.109. The summed E-state index contributed by atoms with van der Waals surface area (Å²) in [6.07, 6.45) is 0. The molecule has 0 bridgehead atoms. The van der Waals surface area contributed by atoms with Crippen LogP contribution >= 0.6 is 0 Å². The number of nitrogens with zero attached hydrogens (tertiary/aromatic N) is 2. The van der Waals surface area contributed by atoms with Gasteiger partial charge in [-0.1, -0.05) is 6.07 Å². The number of halogens is 1. The number of piperazine rings is 1. The van der Waals surface area contributed by atoms with Crippen LogP contribution < -0.4 is 5.32 Å². The van der Waals surface area contributed by atoms with Crippen LogP contribution in [0.4, 0.5) is 4.39 Å². The first-order valence-corrected chi connectivity index (χ1v) is 6.27. The second-order valence-electron chi connectivity index (χ2n) is 4.95. The van der Waals surface area contributed by atoms with E-state index in [1.165, 1.54) is 6.07 Å². The van der Waals surface area contributed by atoms with E-state index < -0.39 is 5.82 Å². The summed E-state index contributed by atoms with van der Waals surface area (Å²) in [5.74, 6) is -0.442. The van der Waals surface area contributed by atoms with Gasteiger partial charge in [-0.3, -0.25) is 4.90 Å². The summed E-state index contributed by atoms with van der Waals surface area (Å²) >= 11 is 0. The molecule has 0 aromatic heterocycles. The molecule has 2 unspecified atom stereocenters. The number of nitrogens with one attached hydrogen (secondary N) is 1. The molecule has 1 fully saturated rings. The van der Waals surface area contributed by atoms with Gasteiger partial charge in [-0.05, 0) is 31.5 Å². The van der Waals surface area contributed by atoms with Gasteiger partial charge in [0.05, 0.1) is 5.56 Å². The minimum atomic E-state index is -0.442. The molecule has 0 saturated carbocycles. The molecule has 1 N–H and O–H groups in total. The number of benzene rings is 1. The summed E-state index contributed by atoms with van der Waals surface area (Å²) in [4.78, 5) is 2.38. The minimum Gasteiger partial charge on any atom is -0.314 e. The Balaban J connectivity index is 2.15. The van der Waals surface area contributed by atoms with E-state index in [4.69, 9.17) is 5.26 Å². The molecule has 0 amide bonds. The van der Waals surface area contributed by atoms with Gasteiger partial charge in [0.1, 0.15) is 11.9 Å². The third kappa shape index (κ3) is 2.69. The Morgan fingerprint density at radius 1 is 1.39 bits per heavy atom. The maximum absolute atomic E-state index is 13.3. The number of rotatable bonds is 2. The molecule has 3 nitrogen and oxygen atoms in total. The van der Waals surface area contributed by atoms with Crippen LogP contribution in [0.3, 0.4) is 0 Å². The fourth-order valence-electron chi connectivity index (χ4n) is 2.45. The normalized spacial score (nSPS) is 24.8. The van der Waals surface area contributed by atoms with Gasteiger partial charge in [-0.25, -0.2) is 4.39 Å². The largest absolute Gasteiger partial charge is 0.314 e. The maximum atomic E-state index is 13.3. The van der Waals surface area contributed by atoms with E-state index in [1.807, 2.05) is 6.07 Å². The van der Waals surface area contributed by atoms with E-state index in [2.05, 4.69) is 24.1 Å². The quantitative estimate of drug-likeness (QED) is 0.867. The molecule has 0 spiro atoms. The van der Waals surface area contributed by atoms with Crippen molar-refractivity contribution in [2.24, 2.45) is 0 Å². The third-order valence-corrected chi connectivity index (χ3v) is 3.53. The van der Waals surface area contributed by atoms with Crippen molar-refractivity contribution in [3.8, 4) is 6.07 Å². The van der Waals surface area contributed by atoms with Gasteiger partial charge >= 0.3 is 0 Å². The van der Waals surface area contributed by atoms with Crippen LogP contribution in [0.1, 0.15) is 25.0 Å². The van der Waals surface area contributed by atoms with Crippen molar-refractivity contribution in [2.45, 2.75) is 32.5 Å². The molecule has 96 valence electrons. The standard InChI is InChI=1S/C14H18FN3/c1-10-7-17-8-11(2)18(10)9-12-3-4-14(15)13(5-12)6-16/h3-5,10-11,17H,7-9H2,1-2H3. The molecule has 1 aromatic rings. The lowest BCUT2D eigenvalue weighted by Gasteiger charge is -2.39. The zero-order valence-electron chi connectivity index (χ0n) is 10.8. The Hall–Kier alpha value is -1.44. The van der Waals surface area contributed by atoms with Gasteiger partial charge in [-0.15, -0.1) is 0 Å². The van der Waals surface area contributed by atoms with Crippen LogP contribution in [0, 0.1) is 17.1 Å². The van der Waals surface area contributed by atoms with Crippen molar-refractivity contribution in [3.63, 3.8) is 0 Å². The van der Waals surface area contributed by atoms with Crippen molar-refractivity contribution >= 4 is 0 Å². The molecule has 1 saturated heterocycles. The SMILES string of the molecule is CC1CNCC(C)N1Cc1ccc(F)c(C#N)c1. The summed E-state index contributed by atoms with van der Waals surface area (Å²) < 4.78 is 13.3. The van der Waals surface area contributed by atoms with Crippen molar-refractivity contribution in [2.75, 3.05) is 13.1 Å². The van der Waals surface area contributed by atoms with E-state index in [1.54, 1.807) is 12.1 Å². The van der Waals surface area contributed by atoms with Crippen molar-refractivity contribution in [1.29, 1.82) is 5.26 Å². The fourth-order valence-corrected chi connectivity index (χ4v) is 2.45. The molecule has 18 heavy (non-hydrogen) atoms. The fraction of sp³-hybridized carbons (Fsp3) is 0.500. The average Bonchev–Trinajstić information content (AvgIpc) is 2.36. The monoisotopic (exact) mass is 247 g/mol. The van der Waals surface area contributed by atoms with Gasteiger partial charge in [0, 0.05) is 31.7 Å². The van der Waals surface area contributed by atoms with E-state index >= 15 is 0 Å². The lowest BCUT2D eigenvalue weighted by Crippen LogP contribution is -2.54. The Morgan fingerprint density at radius 2 is 2.06 bits per heavy atom. The van der Waals surface area contributed by atoms with Crippen LogP contribution in [0.15, 0.2) is 18.2 Å². The van der Waals surface area contributed by atoms with E-state index in [0.717, 1.165) is 25.2 Å². The molecule has 1 aliphatic rings. The van der Waals surface area contributed by atoms with Gasteiger partial charge in [-0.2, -0.15) is 5.26 Å². The Labute approximate surface area is 107 Å². The molecule has 1 heterocycles. The zero-order chi connectivity index (χ0) is 13.1. The smallest absolute Gasteiger partial charge is 0.140 e. The third-order valence-electron chi connectivity index (χ3n) is 3.53. The van der Waals surface area contributed by atoms with E-state index in [-0.39, 0.29) is 5.56 Å². The average molecular weight is 247 g/mol. The predicted octanol–water partition coefficient (Wildman–Crippen LogP) is 1.88. The molecule has 1 aliphatic heterocycles. The molecule has 1 aromatic carbocycles. The van der Waals surface area contributed by atoms with Crippen molar-refractivity contribution in [1.82, 2.24) is 10.2 Å². The number of nitriles is 1. The topological polar surface area (TPSA) is 39.1 Å². The first-order chi connectivity index (χ1) is 8.61. The van der Waals surface area contributed by atoms with Gasteiger partial charge in [0.25, 0.3) is 0 Å². The first-order valence-electron chi connectivity index (χ1n) is 6.27. The second-order valence-corrected chi connectivity index (χ2v) is 4.95. The Morgan fingerprint density at radius 3 is 2.67 bits per heavy atom. The highest BCUT2D eigenvalue weighted by Crippen LogP contribution is 2.17. The maximum Gasteiger partial charge on any atom is 0.140 e. The Bertz CT molecular complexity index is 457. The lowest BCUT2D eigenvalue weighted by atomic mass is 10.1. The van der Waals surface area contributed by atoms with Crippen LogP contribution in [0.2, 0.25) is 0 Å². The molecule has 0 aliphatic carbocycles. The summed E-state index contributed by atoms with van der Waals surface area (Å²) in [7, 11) is 0. The highest BCUT2D eigenvalue weighted by Gasteiger charge is 2.24.